The van der Waals surface area contributed by atoms with Crippen LogP contribution in [0, 0.1) is 0 Å². The van der Waals surface area contributed by atoms with Crippen molar-refractivity contribution in [1.82, 2.24) is 0 Å². The Kier molecular flexibility index (Phi) is 5.38. The highest BCUT2D eigenvalue weighted by Crippen LogP contribution is 2.28. The summed E-state index contributed by atoms with van der Waals surface area (Å²) in [4.78, 5) is 11.3. The van der Waals surface area contributed by atoms with Crippen LogP contribution in [0.25, 0.3) is 0 Å². The van der Waals surface area contributed by atoms with E-state index >= 15 is 0 Å². The maximum absolute atomic E-state index is 11.7. The third-order valence-corrected chi connectivity index (χ3v) is 5.57. The number of hydrogen-bond donors (Lipinski definition) is 1. The molecule has 0 aliphatic carbocycles. The van der Waals surface area contributed by atoms with E-state index in [9.17, 15) is 18.3 Å². The lowest BCUT2D eigenvalue weighted by molar-refractivity contribution is -0.138. The number of benzene rings is 1. The van der Waals surface area contributed by atoms with Gasteiger partial charge in [-0.05, 0) is 31.9 Å². The lowest BCUT2D eigenvalue weighted by Crippen LogP contribution is -2.22. The van der Waals surface area contributed by atoms with E-state index in [0.29, 0.717) is 10.6 Å². The van der Waals surface area contributed by atoms with Crippen LogP contribution < -0.4 is 0 Å². The van der Waals surface area contributed by atoms with Gasteiger partial charge in [0.25, 0.3) is 0 Å². The van der Waals surface area contributed by atoms with Crippen molar-refractivity contribution < 1.29 is 18.3 Å². The third kappa shape index (κ3) is 4.21. The molecular weight excluding hydrogens is 288 g/mol. The Labute approximate surface area is 118 Å². The number of carboxylic acids is 1. The first-order valence-corrected chi connectivity index (χ1v) is 8.04. The topological polar surface area (TPSA) is 71.4 Å². The molecule has 0 spiro atoms. The van der Waals surface area contributed by atoms with E-state index in [4.69, 9.17) is 11.6 Å². The molecule has 0 aromatic heterocycles. The Morgan fingerprint density at radius 2 is 1.89 bits per heavy atom. The van der Waals surface area contributed by atoms with Crippen LogP contribution in [0.4, 0.5) is 0 Å². The zero-order valence-electron chi connectivity index (χ0n) is 10.8. The van der Waals surface area contributed by atoms with E-state index < -0.39 is 27.0 Å². The minimum Gasteiger partial charge on any atom is -0.481 e. The SMILES string of the molecule is CC(C)S(=O)(=O)CCC(C(=O)O)c1ccccc1Cl. The van der Waals surface area contributed by atoms with E-state index in [1.54, 1.807) is 38.1 Å². The average molecular weight is 305 g/mol. The molecule has 0 amide bonds. The Morgan fingerprint density at radius 1 is 1.32 bits per heavy atom. The molecule has 106 valence electrons. The molecule has 19 heavy (non-hydrogen) atoms. The van der Waals surface area contributed by atoms with Crippen LogP contribution in [-0.4, -0.2) is 30.5 Å². The molecule has 0 fully saturated rings. The zero-order valence-corrected chi connectivity index (χ0v) is 12.4. The number of rotatable bonds is 6. The van der Waals surface area contributed by atoms with E-state index in [2.05, 4.69) is 0 Å². The van der Waals surface area contributed by atoms with Gasteiger partial charge in [-0.25, -0.2) is 8.42 Å². The molecule has 1 N–H and O–H groups in total. The van der Waals surface area contributed by atoms with Crippen LogP contribution in [0.5, 0.6) is 0 Å². The summed E-state index contributed by atoms with van der Waals surface area (Å²) in [5, 5.41) is 9.07. The molecule has 6 heteroatoms. The summed E-state index contributed by atoms with van der Waals surface area (Å²) in [6, 6.07) is 6.61. The number of carbonyl (C=O) groups is 1. The fourth-order valence-electron chi connectivity index (χ4n) is 1.69. The van der Waals surface area contributed by atoms with Gasteiger partial charge in [0.1, 0.15) is 0 Å². The van der Waals surface area contributed by atoms with Crippen LogP contribution in [-0.2, 0) is 14.6 Å². The first-order valence-electron chi connectivity index (χ1n) is 5.94. The quantitative estimate of drug-likeness (QED) is 0.877. The summed E-state index contributed by atoms with van der Waals surface area (Å²) in [5.41, 5.74) is 0.454. The second-order valence-electron chi connectivity index (χ2n) is 4.62. The molecule has 1 unspecified atom stereocenters. The van der Waals surface area contributed by atoms with Gasteiger partial charge in [0.05, 0.1) is 16.9 Å². The smallest absolute Gasteiger partial charge is 0.311 e. The van der Waals surface area contributed by atoms with Gasteiger partial charge in [-0.3, -0.25) is 4.79 Å². The number of hydrogen-bond acceptors (Lipinski definition) is 3. The summed E-state index contributed by atoms with van der Waals surface area (Å²) < 4.78 is 23.5. The summed E-state index contributed by atoms with van der Waals surface area (Å²) >= 11 is 5.96. The first kappa shape index (κ1) is 16.0. The molecule has 0 aliphatic rings. The minimum atomic E-state index is -3.25. The highest BCUT2D eigenvalue weighted by atomic mass is 35.5. The summed E-state index contributed by atoms with van der Waals surface area (Å²) in [7, 11) is -3.25. The summed E-state index contributed by atoms with van der Waals surface area (Å²) in [6.45, 7) is 3.17. The van der Waals surface area contributed by atoms with Gasteiger partial charge in [-0.15, -0.1) is 0 Å². The Morgan fingerprint density at radius 3 is 2.37 bits per heavy atom. The van der Waals surface area contributed by atoms with E-state index in [1.807, 2.05) is 0 Å². The van der Waals surface area contributed by atoms with Crippen molar-refractivity contribution >= 4 is 27.4 Å². The average Bonchev–Trinajstić information content (AvgIpc) is 2.30. The van der Waals surface area contributed by atoms with Gasteiger partial charge < -0.3 is 5.11 Å². The predicted molar refractivity (Wildman–Crippen MR) is 75.4 cm³/mol. The molecule has 4 nitrogen and oxygen atoms in total. The molecule has 0 saturated carbocycles. The molecule has 1 aromatic rings. The first-order chi connectivity index (χ1) is 8.75. The number of sulfone groups is 1. The predicted octanol–water partition coefficient (Wildman–Crippen LogP) is 2.72. The van der Waals surface area contributed by atoms with Crippen molar-refractivity contribution in [3.63, 3.8) is 0 Å². The molecule has 0 aliphatic heterocycles. The Hall–Kier alpha value is -1.07. The lowest BCUT2D eigenvalue weighted by atomic mass is 9.97. The molecule has 0 radical (unpaired) electrons. The molecule has 0 saturated heterocycles. The van der Waals surface area contributed by atoms with E-state index in [0.717, 1.165) is 0 Å². The number of aliphatic carboxylic acids is 1. The highest BCUT2D eigenvalue weighted by Gasteiger charge is 2.25. The van der Waals surface area contributed by atoms with Gasteiger partial charge in [0.15, 0.2) is 9.84 Å². The number of carboxylic acid groups (broad SMARTS) is 1. The molecule has 0 heterocycles. The molecule has 1 atom stereocenters. The van der Waals surface area contributed by atoms with E-state index in [-0.39, 0.29) is 12.2 Å². The fourth-order valence-corrected chi connectivity index (χ4v) is 2.99. The van der Waals surface area contributed by atoms with Crippen LogP contribution in [0.3, 0.4) is 0 Å². The van der Waals surface area contributed by atoms with Gasteiger partial charge in [-0.1, -0.05) is 29.8 Å². The second kappa shape index (κ2) is 6.39. The monoisotopic (exact) mass is 304 g/mol. The van der Waals surface area contributed by atoms with Crippen molar-refractivity contribution in [3.05, 3.63) is 34.9 Å². The summed E-state index contributed by atoms with van der Waals surface area (Å²) in [6.07, 6.45) is 0.0274. The van der Waals surface area contributed by atoms with Gasteiger partial charge in [0.2, 0.25) is 0 Å². The minimum absolute atomic E-state index is 0.0274. The van der Waals surface area contributed by atoms with Crippen molar-refractivity contribution in [1.29, 1.82) is 0 Å². The molecular formula is C13H17ClO4S. The van der Waals surface area contributed by atoms with Crippen LogP contribution in [0.15, 0.2) is 24.3 Å². The van der Waals surface area contributed by atoms with Gasteiger partial charge in [-0.2, -0.15) is 0 Å². The van der Waals surface area contributed by atoms with Crippen LogP contribution >= 0.6 is 11.6 Å². The van der Waals surface area contributed by atoms with Crippen molar-refractivity contribution in [2.24, 2.45) is 0 Å². The van der Waals surface area contributed by atoms with Crippen molar-refractivity contribution in [2.75, 3.05) is 5.75 Å². The van der Waals surface area contributed by atoms with Crippen LogP contribution in [0.2, 0.25) is 5.02 Å². The maximum atomic E-state index is 11.7. The van der Waals surface area contributed by atoms with Gasteiger partial charge in [0, 0.05) is 5.02 Å². The molecule has 1 aromatic carbocycles. The largest absolute Gasteiger partial charge is 0.481 e. The standard InChI is InChI=1S/C13H17ClO4S/c1-9(2)19(17,18)8-7-11(13(15)16)10-5-3-4-6-12(10)14/h3-6,9,11H,7-8H2,1-2H3,(H,15,16). The summed E-state index contributed by atoms with van der Waals surface area (Å²) in [5.74, 6) is -2.12. The number of halogens is 1. The van der Waals surface area contributed by atoms with Gasteiger partial charge >= 0.3 is 5.97 Å². The Bertz CT molecular complexity index is 552. The second-order valence-corrected chi connectivity index (χ2v) is 7.70. The molecule has 0 bridgehead atoms. The van der Waals surface area contributed by atoms with Crippen molar-refractivity contribution in [3.8, 4) is 0 Å². The lowest BCUT2D eigenvalue weighted by Gasteiger charge is -2.15. The van der Waals surface area contributed by atoms with E-state index in [1.165, 1.54) is 0 Å². The maximum Gasteiger partial charge on any atom is 0.311 e. The Balaban J connectivity index is 2.93. The van der Waals surface area contributed by atoms with Crippen LogP contribution in [0.1, 0.15) is 31.7 Å². The third-order valence-electron chi connectivity index (χ3n) is 2.99. The fraction of sp³-hybridized carbons (Fsp3) is 0.462. The van der Waals surface area contributed by atoms with Crippen molar-refractivity contribution in [2.45, 2.75) is 31.4 Å². The zero-order chi connectivity index (χ0) is 14.6. The highest BCUT2D eigenvalue weighted by molar-refractivity contribution is 7.91. The normalized spacial score (nSPS) is 13.5. The molecule has 1 rings (SSSR count).